The van der Waals surface area contributed by atoms with Crippen LogP contribution in [0.2, 0.25) is 0 Å². The van der Waals surface area contributed by atoms with E-state index in [1.54, 1.807) is 13.2 Å². The molecule has 1 aliphatic heterocycles. The highest BCUT2D eigenvalue weighted by Gasteiger charge is 2.25. The Labute approximate surface area is 100 Å². The fraction of sp³-hybridized carbons (Fsp3) is 0.636. The van der Waals surface area contributed by atoms with Crippen LogP contribution in [0.3, 0.4) is 0 Å². The number of carbonyl (C=O) groups excluding carboxylic acids is 1. The molecule has 2 unspecified atom stereocenters. The average Bonchev–Trinajstić information content (AvgIpc) is 2.87. The van der Waals surface area contributed by atoms with Crippen LogP contribution < -0.4 is 11.1 Å². The number of ether oxygens (including phenoxy) is 1. The van der Waals surface area contributed by atoms with E-state index in [0.29, 0.717) is 5.69 Å². The lowest BCUT2D eigenvalue weighted by Crippen LogP contribution is -2.41. The molecule has 0 radical (unpaired) electrons. The Morgan fingerprint density at radius 3 is 3.06 bits per heavy atom. The summed E-state index contributed by atoms with van der Waals surface area (Å²) in [5.41, 5.74) is 6.36. The number of nitrogens with two attached hydrogens (primary N) is 1. The van der Waals surface area contributed by atoms with Crippen molar-refractivity contribution in [2.45, 2.75) is 31.9 Å². The molecule has 2 atom stereocenters. The summed E-state index contributed by atoms with van der Waals surface area (Å²) in [7, 11) is 1.73. The molecule has 1 amide bonds. The molecule has 1 fully saturated rings. The van der Waals surface area contributed by atoms with Gasteiger partial charge < -0.3 is 15.8 Å². The molecule has 0 spiro atoms. The molecule has 0 saturated carbocycles. The van der Waals surface area contributed by atoms with E-state index in [0.717, 1.165) is 19.4 Å². The number of carbonyl (C=O) groups is 1. The molecule has 0 aromatic carbocycles. The van der Waals surface area contributed by atoms with Gasteiger partial charge in [-0.3, -0.25) is 9.48 Å². The molecule has 1 saturated heterocycles. The normalized spacial score (nSPS) is 21.4. The van der Waals surface area contributed by atoms with E-state index in [-0.39, 0.29) is 23.7 Å². The van der Waals surface area contributed by atoms with Gasteiger partial charge in [-0.15, -0.1) is 0 Å². The minimum absolute atomic E-state index is 0.0218. The smallest absolute Gasteiger partial charge is 0.274 e. The van der Waals surface area contributed by atoms with Crippen molar-refractivity contribution < 1.29 is 9.53 Å². The predicted molar refractivity (Wildman–Crippen MR) is 63.5 cm³/mol. The Bertz CT molecular complexity index is 410. The molecular formula is C11H18N4O2. The number of hydrogen-bond acceptors (Lipinski definition) is 4. The maximum Gasteiger partial charge on any atom is 0.274 e. The van der Waals surface area contributed by atoms with Crippen molar-refractivity contribution in [3.8, 4) is 0 Å². The molecule has 3 N–H and O–H groups in total. The number of hydrogen-bond donors (Lipinski definition) is 2. The van der Waals surface area contributed by atoms with Crippen LogP contribution in [0.1, 0.15) is 30.3 Å². The van der Waals surface area contributed by atoms with Crippen LogP contribution in [0.25, 0.3) is 0 Å². The van der Waals surface area contributed by atoms with Crippen molar-refractivity contribution in [1.29, 1.82) is 0 Å². The van der Waals surface area contributed by atoms with Crippen molar-refractivity contribution in [3.63, 3.8) is 0 Å². The maximum absolute atomic E-state index is 11.9. The first-order valence-corrected chi connectivity index (χ1v) is 5.79. The number of aromatic nitrogens is 2. The van der Waals surface area contributed by atoms with Gasteiger partial charge in [-0.05, 0) is 19.8 Å². The van der Waals surface area contributed by atoms with Gasteiger partial charge in [-0.1, -0.05) is 0 Å². The Morgan fingerprint density at radius 2 is 2.53 bits per heavy atom. The van der Waals surface area contributed by atoms with Gasteiger partial charge in [0.15, 0.2) is 5.69 Å². The SMILES string of the molecule is CC(NC(=O)c1nn(C)cc1N)C1CCCO1. The van der Waals surface area contributed by atoms with E-state index >= 15 is 0 Å². The van der Waals surface area contributed by atoms with Gasteiger partial charge in [0.25, 0.3) is 5.91 Å². The molecule has 2 heterocycles. The molecule has 2 rings (SSSR count). The Kier molecular flexibility index (Phi) is 3.33. The third-order valence-corrected chi connectivity index (χ3v) is 2.95. The monoisotopic (exact) mass is 238 g/mol. The number of rotatable bonds is 3. The Morgan fingerprint density at radius 1 is 1.76 bits per heavy atom. The van der Waals surface area contributed by atoms with Crippen LogP contribution in [-0.2, 0) is 11.8 Å². The molecule has 94 valence electrons. The molecule has 1 aromatic heterocycles. The lowest BCUT2D eigenvalue weighted by molar-refractivity contribution is 0.0709. The summed E-state index contributed by atoms with van der Waals surface area (Å²) in [6, 6.07) is -0.0218. The first-order valence-electron chi connectivity index (χ1n) is 5.79. The number of nitrogens with one attached hydrogen (secondary N) is 1. The van der Waals surface area contributed by atoms with Crippen molar-refractivity contribution in [3.05, 3.63) is 11.9 Å². The summed E-state index contributed by atoms with van der Waals surface area (Å²) < 4.78 is 7.04. The van der Waals surface area contributed by atoms with Gasteiger partial charge in [0.2, 0.25) is 0 Å². The standard InChI is InChI=1S/C11H18N4O2/c1-7(9-4-3-5-17-9)13-11(16)10-8(12)6-15(2)14-10/h6-7,9H,3-5,12H2,1-2H3,(H,13,16). The maximum atomic E-state index is 11.9. The van der Waals surface area contributed by atoms with Gasteiger partial charge in [0, 0.05) is 19.9 Å². The summed E-state index contributed by atoms with van der Waals surface area (Å²) in [6.07, 6.45) is 3.75. The zero-order valence-corrected chi connectivity index (χ0v) is 10.1. The van der Waals surface area contributed by atoms with E-state index < -0.39 is 0 Å². The average molecular weight is 238 g/mol. The zero-order chi connectivity index (χ0) is 12.4. The van der Waals surface area contributed by atoms with E-state index in [9.17, 15) is 4.79 Å². The molecule has 0 bridgehead atoms. The highest BCUT2D eigenvalue weighted by atomic mass is 16.5. The number of nitrogen functional groups attached to an aromatic ring is 1. The molecule has 6 heteroatoms. The van der Waals surface area contributed by atoms with Crippen LogP contribution in [0.4, 0.5) is 5.69 Å². The fourth-order valence-corrected chi connectivity index (χ4v) is 2.05. The lowest BCUT2D eigenvalue weighted by Gasteiger charge is -2.19. The highest BCUT2D eigenvalue weighted by molar-refractivity contribution is 5.97. The molecular weight excluding hydrogens is 220 g/mol. The first-order chi connectivity index (χ1) is 8.08. The van der Waals surface area contributed by atoms with Gasteiger partial charge in [0.05, 0.1) is 17.8 Å². The number of amides is 1. The van der Waals surface area contributed by atoms with Crippen LogP contribution >= 0.6 is 0 Å². The first kappa shape index (κ1) is 11.9. The van der Waals surface area contributed by atoms with E-state index in [1.807, 2.05) is 6.92 Å². The van der Waals surface area contributed by atoms with Gasteiger partial charge in [0.1, 0.15) is 0 Å². The third kappa shape index (κ3) is 2.58. The molecule has 6 nitrogen and oxygen atoms in total. The van der Waals surface area contributed by atoms with Gasteiger partial charge in [-0.2, -0.15) is 5.10 Å². The summed E-state index contributed by atoms with van der Waals surface area (Å²) in [5, 5.41) is 6.90. The van der Waals surface area contributed by atoms with Crippen molar-refractivity contribution >= 4 is 11.6 Å². The summed E-state index contributed by atoms with van der Waals surface area (Å²) >= 11 is 0. The third-order valence-electron chi connectivity index (χ3n) is 2.95. The minimum atomic E-state index is -0.244. The van der Waals surface area contributed by atoms with Crippen molar-refractivity contribution in [2.24, 2.45) is 7.05 Å². The van der Waals surface area contributed by atoms with Crippen molar-refractivity contribution in [1.82, 2.24) is 15.1 Å². The zero-order valence-electron chi connectivity index (χ0n) is 10.1. The molecule has 1 aliphatic rings. The van der Waals surface area contributed by atoms with Crippen molar-refractivity contribution in [2.75, 3.05) is 12.3 Å². The highest BCUT2D eigenvalue weighted by Crippen LogP contribution is 2.16. The van der Waals surface area contributed by atoms with Gasteiger partial charge >= 0.3 is 0 Å². The van der Waals surface area contributed by atoms with E-state index in [1.165, 1.54) is 4.68 Å². The van der Waals surface area contributed by atoms with Crippen LogP contribution in [0, 0.1) is 0 Å². The number of anilines is 1. The second kappa shape index (κ2) is 4.75. The van der Waals surface area contributed by atoms with Crippen LogP contribution in [0.5, 0.6) is 0 Å². The lowest BCUT2D eigenvalue weighted by atomic mass is 10.1. The molecule has 17 heavy (non-hydrogen) atoms. The van der Waals surface area contributed by atoms with E-state index in [2.05, 4.69) is 10.4 Å². The quantitative estimate of drug-likeness (QED) is 0.793. The predicted octanol–water partition coefficient (Wildman–Crippen LogP) is 0.300. The summed E-state index contributed by atoms with van der Waals surface area (Å²) in [4.78, 5) is 11.9. The number of aryl methyl sites for hydroxylation is 1. The summed E-state index contributed by atoms with van der Waals surface area (Å²) in [6.45, 7) is 2.71. The Hall–Kier alpha value is -1.56. The largest absolute Gasteiger partial charge is 0.396 e. The van der Waals surface area contributed by atoms with Crippen LogP contribution in [0.15, 0.2) is 6.20 Å². The Balaban J connectivity index is 1.98. The molecule has 0 aliphatic carbocycles. The number of nitrogens with zero attached hydrogens (tertiary/aromatic N) is 2. The van der Waals surface area contributed by atoms with Gasteiger partial charge in [-0.25, -0.2) is 0 Å². The van der Waals surface area contributed by atoms with Crippen LogP contribution in [-0.4, -0.2) is 34.4 Å². The molecule has 1 aromatic rings. The fourth-order valence-electron chi connectivity index (χ4n) is 2.05. The minimum Gasteiger partial charge on any atom is -0.396 e. The second-order valence-corrected chi connectivity index (χ2v) is 4.42. The second-order valence-electron chi connectivity index (χ2n) is 4.42. The van der Waals surface area contributed by atoms with E-state index in [4.69, 9.17) is 10.5 Å². The summed E-state index contributed by atoms with van der Waals surface area (Å²) in [5.74, 6) is -0.244. The topological polar surface area (TPSA) is 82.2 Å².